The third-order valence-electron chi connectivity index (χ3n) is 5.45. The minimum Gasteiger partial charge on any atom is -0.497 e. The van der Waals surface area contributed by atoms with E-state index in [1.54, 1.807) is 7.11 Å². The Bertz CT molecular complexity index is 1110. The summed E-state index contributed by atoms with van der Waals surface area (Å²) >= 11 is 3.57. The number of H-pyrrole nitrogens is 1. The molecule has 2 aliphatic rings. The SMILES string of the molecule is COc1ccc2c(c1)OC1=C(C(=O)CCC1)C2c1c[nH]c2ccc(Br)cc12. The van der Waals surface area contributed by atoms with Crippen molar-refractivity contribution in [2.24, 2.45) is 0 Å². The lowest BCUT2D eigenvalue weighted by atomic mass is 9.77. The number of halogens is 1. The second kappa shape index (κ2) is 6.27. The van der Waals surface area contributed by atoms with Crippen molar-refractivity contribution in [2.75, 3.05) is 7.11 Å². The Morgan fingerprint density at radius 3 is 2.89 bits per heavy atom. The lowest BCUT2D eigenvalue weighted by Gasteiger charge is -2.32. The zero-order chi connectivity index (χ0) is 18.5. The molecule has 0 saturated carbocycles. The number of ketones is 1. The third kappa shape index (κ3) is 2.60. The molecule has 27 heavy (non-hydrogen) atoms. The molecule has 5 rings (SSSR count). The maximum absolute atomic E-state index is 12.9. The molecule has 1 aromatic heterocycles. The first-order chi connectivity index (χ1) is 13.2. The van der Waals surface area contributed by atoms with Crippen LogP contribution < -0.4 is 9.47 Å². The van der Waals surface area contributed by atoms with E-state index in [2.05, 4.69) is 33.0 Å². The largest absolute Gasteiger partial charge is 0.497 e. The van der Waals surface area contributed by atoms with Crippen LogP contribution in [0.2, 0.25) is 0 Å². The summed E-state index contributed by atoms with van der Waals surface area (Å²) in [6, 6.07) is 12.0. The molecule has 1 atom stereocenters. The van der Waals surface area contributed by atoms with Gasteiger partial charge in [-0.15, -0.1) is 0 Å². The number of benzene rings is 2. The fourth-order valence-corrected chi connectivity index (χ4v) is 4.56. The number of methoxy groups -OCH3 is 1. The van der Waals surface area contributed by atoms with Gasteiger partial charge in [0.1, 0.15) is 17.3 Å². The molecular formula is C22H18BrNO3. The van der Waals surface area contributed by atoms with Crippen LogP contribution in [0.4, 0.5) is 0 Å². The quantitative estimate of drug-likeness (QED) is 0.594. The van der Waals surface area contributed by atoms with E-state index in [0.29, 0.717) is 6.42 Å². The molecular weight excluding hydrogens is 406 g/mol. The Balaban J connectivity index is 1.78. The van der Waals surface area contributed by atoms with E-state index in [-0.39, 0.29) is 11.7 Å². The number of aromatic amines is 1. The molecule has 2 heterocycles. The van der Waals surface area contributed by atoms with Crippen LogP contribution in [0.15, 0.2) is 58.4 Å². The van der Waals surface area contributed by atoms with Gasteiger partial charge in [0.25, 0.3) is 0 Å². The van der Waals surface area contributed by atoms with Gasteiger partial charge < -0.3 is 14.5 Å². The Kier molecular flexibility index (Phi) is 3.86. The van der Waals surface area contributed by atoms with Gasteiger partial charge in [-0.3, -0.25) is 4.79 Å². The van der Waals surface area contributed by atoms with Crippen LogP contribution in [0.1, 0.15) is 36.3 Å². The first kappa shape index (κ1) is 16.6. The molecule has 1 aliphatic carbocycles. The smallest absolute Gasteiger partial charge is 0.163 e. The van der Waals surface area contributed by atoms with Crippen molar-refractivity contribution in [1.29, 1.82) is 0 Å². The van der Waals surface area contributed by atoms with Crippen molar-refractivity contribution in [3.05, 3.63) is 69.5 Å². The zero-order valence-corrected chi connectivity index (χ0v) is 16.4. The van der Waals surface area contributed by atoms with E-state index in [0.717, 1.165) is 62.2 Å². The van der Waals surface area contributed by atoms with Crippen molar-refractivity contribution in [2.45, 2.75) is 25.2 Å². The average Bonchev–Trinajstić information content (AvgIpc) is 3.08. The highest BCUT2D eigenvalue weighted by atomic mass is 79.9. The number of Topliss-reactive ketones (excluding diaryl/α,β-unsaturated/α-hetero) is 1. The van der Waals surface area contributed by atoms with Crippen molar-refractivity contribution >= 4 is 32.6 Å². The maximum atomic E-state index is 12.9. The number of nitrogens with one attached hydrogen (secondary N) is 1. The number of hydrogen-bond acceptors (Lipinski definition) is 3. The lowest BCUT2D eigenvalue weighted by molar-refractivity contribution is -0.116. The number of carbonyl (C=O) groups is 1. The van der Waals surface area contributed by atoms with Gasteiger partial charge in [-0.1, -0.05) is 22.0 Å². The Morgan fingerprint density at radius 1 is 1.15 bits per heavy atom. The van der Waals surface area contributed by atoms with Crippen LogP contribution in [-0.2, 0) is 4.79 Å². The monoisotopic (exact) mass is 423 g/mol. The van der Waals surface area contributed by atoms with Crippen LogP contribution in [0.25, 0.3) is 10.9 Å². The summed E-state index contributed by atoms with van der Waals surface area (Å²) in [4.78, 5) is 16.2. The van der Waals surface area contributed by atoms with E-state index in [9.17, 15) is 4.79 Å². The van der Waals surface area contributed by atoms with Crippen molar-refractivity contribution in [3.8, 4) is 11.5 Å². The van der Waals surface area contributed by atoms with Gasteiger partial charge >= 0.3 is 0 Å². The first-order valence-corrected chi connectivity index (χ1v) is 9.83. The average molecular weight is 424 g/mol. The number of rotatable bonds is 2. The van der Waals surface area contributed by atoms with Gasteiger partial charge in [0.05, 0.1) is 7.11 Å². The van der Waals surface area contributed by atoms with E-state index < -0.39 is 0 Å². The molecule has 0 saturated heterocycles. The van der Waals surface area contributed by atoms with Gasteiger partial charge in [0.15, 0.2) is 5.78 Å². The van der Waals surface area contributed by atoms with Crippen LogP contribution in [0, 0.1) is 0 Å². The third-order valence-corrected chi connectivity index (χ3v) is 5.94. The molecule has 1 aliphatic heterocycles. The van der Waals surface area contributed by atoms with Crippen LogP contribution in [-0.4, -0.2) is 17.9 Å². The van der Waals surface area contributed by atoms with E-state index in [4.69, 9.17) is 9.47 Å². The van der Waals surface area contributed by atoms with Gasteiger partial charge in [0, 0.05) is 57.5 Å². The second-order valence-corrected chi connectivity index (χ2v) is 7.90. The van der Waals surface area contributed by atoms with Gasteiger partial charge in [-0.05, 0) is 36.2 Å². The standard InChI is InChI=1S/C22H18BrNO3/c1-26-13-6-7-14-20(10-13)27-19-4-2-3-18(25)22(19)21(14)16-11-24-17-8-5-12(23)9-15(16)17/h5-11,21,24H,2-4H2,1H3. The summed E-state index contributed by atoms with van der Waals surface area (Å²) < 4.78 is 12.6. The first-order valence-electron chi connectivity index (χ1n) is 9.04. The zero-order valence-electron chi connectivity index (χ0n) is 14.8. The number of fused-ring (bicyclic) bond motifs is 2. The second-order valence-electron chi connectivity index (χ2n) is 6.99. The molecule has 136 valence electrons. The topological polar surface area (TPSA) is 51.3 Å². The molecule has 1 unspecified atom stereocenters. The minimum absolute atomic E-state index is 0.134. The van der Waals surface area contributed by atoms with Crippen LogP contribution in [0.5, 0.6) is 11.5 Å². The number of aromatic nitrogens is 1. The summed E-state index contributed by atoms with van der Waals surface area (Å²) in [7, 11) is 1.65. The minimum atomic E-state index is -0.134. The van der Waals surface area contributed by atoms with E-state index >= 15 is 0 Å². The fourth-order valence-electron chi connectivity index (χ4n) is 4.20. The molecule has 0 fully saturated rings. The number of ether oxygens (including phenoxy) is 2. The highest BCUT2D eigenvalue weighted by molar-refractivity contribution is 9.10. The van der Waals surface area contributed by atoms with Crippen molar-refractivity contribution in [3.63, 3.8) is 0 Å². The van der Waals surface area contributed by atoms with Crippen molar-refractivity contribution in [1.82, 2.24) is 4.98 Å². The molecule has 0 amide bonds. The number of allylic oxidation sites excluding steroid dienone is 2. The van der Waals surface area contributed by atoms with Gasteiger partial charge in [-0.25, -0.2) is 0 Å². The number of carbonyl (C=O) groups excluding carboxylic acids is 1. The molecule has 3 aromatic rings. The molecule has 0 radical (unpaired) electrons. The predicted octanol–water partition coefficient (Wildman–Crippen LogP) is 5.47. The predicted molar refractivity (Wildman–Crippen MR) is 107 cm³/mol. The highest BCUT2D eigenvalue weighted by Gasteiger charge is 2.37. The molecule has 5 heteroatoms. The summed E-state index contributed by atoms with van der Waals surface area (Å²) in [5.41, 5.74) is 3.97. The van der Waals surface area contributed by atoms with Crippen LogP contribution >= 0.6 is 15.9 Å². The molecule has 0 bridgehead atoms. The highest BCUT2D eigenvalue weighted by Crippen LogP contribution is 2.49. The van der Waals surface area contributed by atoms with Gasteiger partial charge in [-0.2, -0.15) is 0 Å². The van der Waals surface area contributed by atoms with Gasteiger partial charge in [0.2, 0.25) is 0 Å². The van der Waals surface area contributed by atoms with Crippen molar-refractivity contribution < 1.29 is 14.3 Å². The number of hydrogen-bond donors (Lipinski definition) is 1. The van der Waals surface area contributed by atoms with E-state index in [1.807, 2.05) is 30.5 Å². The summed E-state index contributed by atoms with van der Waals surface area (Å²) in [6.07, 6.45) is 4.23. The Hall–Kier alpha value is -2.53. The summed E-state index contributed by atoms with van der Waals surface area (Å²) in [5.74, 6) is 2.39. The fraction of sp³-hybridized carbons (Fsp3) is 0.227. The maximum Gasteiger partial charge on any atom is 0.163 e. The molecule has 0 spiro atoms. The van der Waals surface area contributed by atoms with E-state index in [1.165, 1.54) is 0 Å². The molecule has 4 nitrogen and oxygen atoms in total. The molecule has 1 N–H and O–H groups in total. The normalized spacial score (nSPS) is 18.9. The summed E-state index contributed by atoms with van der Waals surface area (Å²) in [5, 5.41) is 1.11. The molecule has 2 aromatic carbocycles. The Morgan fingerprint density at radius 2 is 2.04 bits per heavy atom. The van der Waals surface area contributed by atoms with Crippen LogP contribution in [0.3, 0.4) is 0 Å². The Labute approximate surface area is 165 Å². The summed E-state index contributed by atoms with van der Waals surface area (Å²) in [6.45, 7) is 0. The lowest BCUT2D eigenvalue weighted by Crippen LogP contribution is -2.25.